The fourth-order valence-corrected chi connectivity index (χ4v) is 9.74. The van der Waals surface area contributed by atoms with Crippen molar-refractivity contribution in [1.82, 2.24) is 0 Å². The number of nitrogens with zero attached hydrogens (tertiary/aromatic N) is 2. The molecule has 2 aliphatic rings. The molecule has 0 aromatic heterocycles. The largest absolute Gasteiger partial charge is 0.493 e. The summed E-state index contributed by atoms with van der Waals surface area (Å²) in [5.74, 6) is 4.50. The molecule has 3 unspecified atom stereocenters. The normalized spacial score (nSPS) is 18.5. The van der Waals surface area contributed by atoms with Crippen molar-refractivity contribution in [2.75, 3.05) is 117 Å². The summed E-state index contributed by atoms with van der Waals surface area (Å²) in [7, 11) is 19.1. The van der Waals surface area contributed by atoms with E-state index in [1.807, 2.05) is 36.4 Å². The lowest BCUT2D eigenvalue weighted by Gasteiger charge is -2.46. The number of likely N-dealkylation sites (N-methyl/N-ethyl adjacent to an activating group) is 2. The van der Waals surface area contributed by atoms with Crippen LogP contribution >= 0.6 is 0 Å². The van der Waals surface area contributed by atoms with Crippen LogP contribution in [-0.2, 0) is 44.9 Å². The zero-order valence-electron chi connectivity index (χ0n) is 41.0. The number of fused-ring (bicyclic) bond motifs is 2. The summed E-state index contributed by atoms with van der Waals surface area (Å²) < 4.78 is 64.1. The number of rotatable bonds is 22. The molecule has 67 heavy (non-hydrogen) atoms. The molecular formula is C52H68N2O13+2. The number of quaternary nitrogens is 2. The van der Waals surface area contributed by atoms with Crippen molar-refractivity contribution < 1.29 is 70.7 Å². The van der Waals surface area contributed by atoms with Crippen LogP contribution in [0, 0.1) is 0 Å². The van der Waals surface area contributed by atoms with Crippen LogP contribution in [0.3, 0.4) is 0 Å². The molecule has 0 bridgehead atoms. The highest BCUT2D eigenvalue weighted by atomic mass is 16.5. The van der Waals surface area contributed by atoms with Crippen LogP contribution in [0.1, 0.15) is 46.7 Å². The SMILES string of the molecule is COc1ccc(CC2c3c(cc(OC)c(OC)c3OC)CC[N+]2(C)CCCOC(=O)/C=C\C(=O)OCCC[N+]2(C)CCc3cc(OC)c(OC)c(-c4ccc(OC)c(OC)c4)c3C2)cc1OC. The highest BCUT2D eigenvalue weighted by Gasteiger charge is 2.43. The number of ether oxygens (including phenoxy) is 11. The lowest BCUT2D eigenvalue weighted by Crippen LogP contribution is -2.52. The average Bonchev–Trinajstić information content (AvgIpc) is 3.35. The first-order valence-electron chi connectivity index (χ1n) is 22.5. The monoisotopic (exact) mass is 928 g/mol. The Morgan fingerprint density at radius 1 is 0.567 bits per heavy atom. The van der Waals surface area contributed by atoms with Gasteiger partial charge in [-0.1, -0.05) is 12.1 Å². The van der Waals surface area contributed by atoms with Gasteiger partial charge in [-0.05, 0) is 58.7 Å². The second-order valence-corrected chi connectivity index (χ2v) is 17.3. The Balaban J connectivity index is 1.04. The standard InChI is InChI=1S/C52H68N2O13/c1-53(24-20-35-30-44(61-7)50(63-9)48(38(35)33-53)36-15-17-41(58-4)43(31-36)60-6)22-12-26-66-46(55)18-19-47(56)67-27-13-23-54(2)25-21-37-32-45(62-8)51(64-10)52(65-11)49(37)39(54)28-34-14-16-40(57-3)42(29-34)59-5/h14-19,29-32,39H,12-13,20-28,33H2,1-11H3/q+2/b19-18-. The summed E-state index contributed by atoms with van der Waals surface area (Å²) in [5, 5.41) is 0. The molecule has 0 spiro atoms. The topological polar surface area (TPSA) is 136 Å². The first-order valence-corrected chi connectivity index (χ1v) is 22.5. The van der Waals surface area contributed by atoms with E-state index in [-0.39, 0.29) is 19.3 Å². The Morgan fingerprint density at radius 2 is 1.10 bits per heavy atom. The van der Waals surface area contributed by atoms with Gasteiger partial charge >= 0.3 is 11.9 Å². The lowest BCUT2D eigenvalue weighted by atomic mass is 9.85. The Morgan fingerprint density at radius 3 is 1.70 bits per heavy atom. The predicted molar refractivity (Wildman–Crippen MR) is 253 cm³/mol. The Hall–Kier alpha value is -6.32. The average molecular weight is 929 g/mol. The van der Waals surface area contributed by atoms with Crippen molar-refractivity contribution in [3.05, 3.63) is 88.5 Å². The van der Waals surface area contributed by atoms with E-state index in [4.69, 9.17) is 52.1 Å². The summed E-state index contributed by atoms with van der Waals surface area (Å²) in [4.78, 5) is 25.6. The van der Waals surface area contributed by atoms with Gasteiger partial charge in [0.1, 0.15) is 12.6 Å². The second kappa shape index (κ2) is 22.4. The fourth-order valence-electron chi connectivity index (χ4n) is 9.74. The molecule has 3 atom stereocenters. The highest BCUT2D eigenvalue weighted by molar-refractivity contribution is 5.91. The highest BCUT2D eigenvalue weighted by Crippen LogP contribution is 2.51. The van der Waals surface area contributed by atoms with Crippen LogP contribution in [0.5, 0.6) is 51.7 Å². The van der Waals surface area contributed by atoms with Gasteiger partial charge in [-0.3, -0.25) is 0 Å². The number of methoxy groups -OCH3 is 9. The molecule has 0 aliphatic carbocycles. The Labute approximate surface area is 395 Å². The third-order valence-corrected chi connectivity index (χ3v) is 13.3. The van der Waals surface area contributed by atoms with Gasteiger partial charge < -0.3 is 61.1 Å². The van der Waals surface area contributed by atoms with Crippen LogP contribution in [0.15, 0.2) is 60.7 Å². The zero-order valence-corrected chi connectivity index (χ0v) is 41.0. The number of hydrogen-bond donors (Lipinski definition) is 0. The molecule has 0 saturated heterocycles. The van der Waals surface area contributed by atoms with E-state index in [1.165, 1.54) is 11.1 Å². The van der Waals surface area contributed by atoms with Gasteiger partial charge in [0.2, 0.25) is 5.75 Å². The minimum Gasteiger partial charge on any atom is -0.493 e. The molecule has 4 aromatic rings. The summed E-state index contributed by atoms with van der Waals surface area (Å²) >= 11 is 0. The maximum atomic E-state index is 12.8. The van der Waals surface area contributed by atoms with Crippen molar-refractivity contribution in [2.24, 2.45) is 0 Å². The number of hydrogen-bond acceptors (Lipinski definition) is 13. The first kappa shape index (κ1) is 50.1. The smallest absolute Gasteiger partial charge is 0.331 e. The minimum absolute atomic E-state index is 0.0497. The third-order valence-electron chi connectivity index (χ3n) is 13.3. The van der Waals surface area contributed by atoms with Crippen molar-refractivity contribution in [1.29, 1.82) is 0 Å². The molecule has 15 nitrogen and oxygen atoms in total. The predicted octanol–water partition coefficient (Wildman–Crippen LogP) is 7.34. The van der Waals surface area contributed by atoms with Gasteiger partial charge in [-0.25, -0.2) is 9.59 Å². The molecular weight excluding hydrogens is 861 g/mol. The number of benzene rings is 4. The van der Waals surface area contributed by atoms with Gasteiger partial charge in [0.15, 0.2) is 46.0 Å². The van der Waals surface area contributed by atoms with Crippen LogP contribution in [-0.4, -0.2) is 138 Å². The minimum atomic E-state index is -0.605. The molecule has 15 heteroatoms. The molecule has 0 amide bonds. The van der Waals surface area contributed by atoms with E-state index in [1.54, 1.807) is 64.0 Å². The van der Waals surface area contributed by atoms with Crippen molar-refractivity contribution >= 4 is 11.9 Å². The zero-order chi connectivity index (χ0) is 48.3. The van der Waals surface area contributed by atoms with Gasteiger partial charge in [-0.2, -0.15) is 0 Å². The van der Waals surface area contributed by atoms with Crippen LogP contribution in [0.2, 0.25) is 0 Å². The van der Waals surface area contributed by atoms with E-state index in [0.717, 1.165) is 83.5 Å². The van der Waals surface area contributed by atoms with E-state index in [9.17, 15) is 9.59 Å². The van der Waals surface area contributed by atoms with Gasteiger partial charge in [-0.15, -0.1) is 0 Å². The summed E-state index contributed by atoms with van der Waals surface area (Å²) in [6.07, 6.45) is 5.78. The fraction of sp³-hybridized carbons (Fsp3) is 0.462. The van der Waals surface area contributed by atoms with Crippen LogP contribution in [0.25, 0.3) is 11.1 Å². The van der Waals surface area contributed by atoms with Crippen molar-refractivity contribution in [3.8, 4) is 62.9 Å². The van der Waals surface area contributed by atoms with Gasteiger partial charge in [0, 0.05) is 55.4 Å². The maximum Gasteiger partial charge on any atom is 0.331 e. The molecule has 0 fully saturated rings. The lowest BCUT2D eigenvalue weighted by molar-refractivity contribution is -0.941. The molecule has 0 saturated carbocycles. The van der Waals surface area contributed by atoms with Crippen molar-refractivity contribution in [2.45, 2.75) is 44.7 Å². The molecule has 2 aliphatic heterocycles. The number of carbonyl (C=O) groups is 2. The summed E-state index contributed by atoms with van der Waals surface area (Å²) in [6, 6.07) is 15.9. The van der Waals surface area contributed by atoms with E-state index >= 15 is 0 Å². The van der Waals surface area contributed by atoms with E-state index in [2.05, 4.69) is 26.2 Å². The quantitative estimate of drug-likeness (QED) is 0.0337. The molecule has 0 radical (unpaired) electrons. The second-order valence-electron chi connectivity index (χ2n) is 17.3. The van der Waals surface area contributed by atoms with E-state index < -0.39 is 11.9 Å². The summed E-state index contributed by atoms with van der Waals surface area (Å²) in [6.45, 7) is 4.33. The first-order chi connectivity index (χ1) is 32.3. The van der Waals surface area contributed by atoms with Gasteiger partial charge in [0.25, 0.3) is 0 Å². The molecule has 362 valence electrons. The molecule has 0 N–H and O–H groups in total. The summed E-state index contributed by atoms with van der Waals surface area (Å²) in [5.41, 5.74) is 7.52. The molecule has 4 aromatic carbocycles. The van der Waals surface area contributed by atoms with Crippen molar-refractivity contribution in [3.63, 3.8) is 0 Å². The number of esters is 2. The Bertz CT molecular complexity index is 2420. The number of carbonyl (C=O) groups excluding carboxylic acids is 2. The van der Waals surface area contributed by atoms with Crippen LogP contribution in [0.4, 0.5) is 0 Å². The molecule has 2 heterocycles. The third kappa shape index (κ3) is 11.1. The van der Waals surface area contributed by atoms with Gasteiger partial charge in [0.05, 0.1) is 123 Å². The molecule has 6 rings (SSSR count). The Kier molecular flexibility index (Phi) is 16.8. The van der Waals surface area contributed by atoms with E-state index in [0.29, 0.717) is 82.0 Å². The van der Waals surface area contributed by atoms with Crippen LogP contribution < -0.4 is 42.6 Å². The maximum absolute atomic E-state index is 12.8.